The molecule has 0 unspecified atom stereocenters. The van der Waals surface area contributed by atoms with Gasteiger partial charge in [-0.15, -0.1) is 0 Å². The number of aryl methyl sites for hydroxylation is 1. The molecule has 0 spiro atoms. The lowest BCUT2D eigenvalue weighted by Crippen LogP contribution is -2.36. The van der Waals surface area contributed by atoms with Crippen molar-refractivity contribution in [3.8, 4) is 0 Å². The molecule has 3 rings (SSSR count). The summed E-state index contributed by atoms with van der Waals surface area (Å²) in [7, 11) is 0. The maximum Gasteiger partial charge on any atom is 0.139 e. The fourth-order valence-corrected chi connectivity index (χ4v) is 2.10. The van der Waals surface area contributed by atoms with E-state index in [1.807, 2.05) is 6.20 Å². The molecule has 2 aromatic rings. The van der Waals surface area contributed by atoms with Crippen molar-refractivity contribution in [3.05, 3.63) is 23.9 Å². The largest absolute Gasteiger partial charge is 0.378 e. The Hall–Kier alpha value is -1.55. The van der Waals surface area contributed by atoms with Gasteiger partial charge in [-0.3, -0.25) is 0 Å². The summed E-state index contributed by atoms with van der Waals surface area (Å²) in [4.78, 5) is 10.1. The van der Waals surface area contributed by atoms with Crippen LogP contribution in [0.15, 0.2) is 18.3 Å². The molecule has 0 amide bonds. The number of aromatic nitrogens is 2. The molecule has 16 heavy (non-hydrogen) atoms. The summed E-state index contributed by atoms with van der Waals surface area (Å²) in [6.07, 6.45) is 2.00. The third-order valence-electron chi connectivity index (χ3n) is 3.07. The Balaban J connectivity index is 1.97. The normalized spacial score (nSPS) is 16.9. The molecule has 1 aliphatic rings. The molecule has 1 fully saturated rings. The van der Waals surface area contributed by atoms with Crippen LogP contribution in [-0.4, -0.2) is 36.3 Å². The van der Waals surface area contributed by atoms with Gasteiger partial charge in [-0.2, -0.15) is 0 Å². The molecule has 2 aromatic heterocycles. The van der Waals surface area contributed by atoms with Crippen LogP contribution in [0.3, 0.4) is 0 Å². The van der Waals surface area contributed by atoms with E-state index in [1.54, 1.807) is 0 Å². The zero-order valence-corrected chi connectivity index (χ0v) is 9.36. The highest BCUT2D eigenvalue weighted by Crippen LogP contribution is 2.20. The van der Waals surface area contributed by atoms with Crippen molar-refractivity contribution in [1.82, 2.24) is 9.97 Å². The summed E-state index contributed by atoms with van der Waals surface area (Å²) < 4.78 is 5.34. The summed E-state index contributed by atoms with van der Waals surface area (Å²) >= 11 is 0. The van der Waals surface area contributed by atoms with E-state index in [1.165, 1.54) is 10.9 Å². The molecule has 0 aliphatic carbocycles. The highest BCUT2D eigenvalue weighted by atomic mass is 16.5. The molecule has 3 heterocycles. The second-order valence-corrected chi connectivity index (χ2v) is 4.14. The fraction of sp³-hybridized carbons (Fsp3) is 0.417. The highest BCUT2D eigenvalue weighted by Gasteiger charge is 2.13. The predicted octanol–water partition coefficient (Wildman–Crippen LogP) is 1.71. The number of H-pyrrole nitrogens is 1. The van der Waals surface area contributed by atoms with Crippen molar-refractivity contribution in [1.29, 1.82) is 0 Å². The van der Waals surface area contributed by atoms with Gasteiger partial charge in [0.25, 0.3) is 0 Å². The average molecular weight is 217 g/mol. The first-order valence-corrected chi connectivity index (χ1v) is 5.62. The van der Waals surface area contributed by atoms with Crippen LogP contribution in [0.5, 0.6) is 0 Å². The second kappa shape index (κ2) is 3.79. The molecular formula is C12H15N3O. The van der Waals surface area contributed by atoms with Gasteiger partial charge in [0.15, 0.2) is 0 Å². The minimum atomic E-state index is 0.795. The molecule has 1 saturated heterocycles. The maximum atomic E-state index is 5.34. The number of fused-ring (bicyclic) bond motifs is 1. The number of pyridine rings is 1. The van der Waals surface area contributed by atoms with E-state index >= 15 is 0 Å². The SMILES string of the molecule is Cc1c[nH]c2nc(N3CCOCC3)ccc12. The number of anilines is 1. The van der Waals surface area contributed by atoms with Gasteiger partial charge in [-0.1, -0.05) is 0 Å². The first-order chi connectivity index (χ1) is 7.84. The first-order valence-electron chi connectivity index (χ1n) is 5.62. The summed E-state index contributed by atoms with van der Waals surface area (Å²) in [5.41, 5.74) is 2.22. The Kier molecular flexibility index (Phi) is 2.29. The molecule has 0 atom stereocenters. The second-order valence-electron chi connectivity index (χ2n) is 4.14. The molecule has 0 bridgehead atoms. The molecule has 1 aliphatic heterocycles. The van der Waals surface area contributed by atoms with Gasteiger partial charge < -0.3 is 14.6 Å². The highest BCUT2D eigenvalue weighted by molar-refractivity contribution is 5.81. The summed E-state index contributed by atoms with van der Waals surface area (Å²) in [5, 5.41) is 1.21. The van der Waals surface area contributed by atoms with Gasteiger partial charge in [0.2, 0.25) is 0 Å². The molecule has 4 nitrogen and oxygen atoms in total. The number of nitrogens with one attached hydrogen (secondary N) is 1. The average Bonchev–Trinajstić information content (AvgIpc) is 2.72. The van der Waals surface area contributed by atoms with Crippen LogP contribution in [-0.2, 0) is 4.74 Å². The van der Waals surface area contributed by atoms with Gasteiger partial charge in [-0.05, 0) is 24.6 Å². The van der Waals surface area contributed by atoms with E-state index in [2.05, 4.69) is 33.9 Å². The van der Waals surface area contributed by atoms with Crippen LogP contribution in [0.4, 0.5) is 5.82 Å². The van der Waals surface area contributed by atoms with Crippen LogP contribution in [0.1, 0.15) is 5.56 Å². The Morgan fingerprint density at radius 2 is 2.12 bits per heavy atom. The van der Waals surface area contributed by atoms with E-state index in [0.717, 1.165) is 37.8 Å². The Bertz CT molecular complexity index is 500. The molecule has 0 aromatic carbocycles. The van der Waals surface area contributed by atoms with Gasteiger partial charge >= 0.3 is 0 Å². The number of hydrogen-bond acceptors (Lipinski definition) is 3. The lowest BCUT2D eigenvalue weighted by atomic mass is 10.2. The lowest BCUT2D eigenvalue weighted by Gasteiger charge is -2.27. The topological polar surface area (TPSA) is 41.2 Å². The quantitative estimate of drug-likeness (QED) is 0.790. The van der Waals surface area contributed by atoms with Crippen LogP contribution < -0.4 is 4.90 Å². The van der Waals surface area contributed by atoms with E-state index in [9.17, 15) is 0 Å². The summed E-state index contributed by atoms with van der Waals surface area (Å²) in [6, 6.07) is 4.23. The number of aromatic amines is 1. The van der Waals surface area contributed by atoms with Crippen LogP contribution >= 0.6 is 0 Å². The zero-order chi connectivity index (χ0) is 11.0. The number of nitrogens with zero attached hydrogens (tertiary/aromatic N) is 2. The minimum absolute atomic E-state index is 0.795. The lowest BCUT2D eigenvalue weighted by molar-refractivity contribution is 0.122. The molecule has 1 N–H and O–H groups in total. The summed E-state index contributed by atoms with van der Waals surface area (Å²) in [6.45, 7) is 5.54. The summed E-state index contributed by atoms with van der Waals surface area (Å²) in [5.74, 6) is 1.04. The number of rotatable bonds is 1. The number of hydrogen-bond donors (Lipinski definition) is 1. The van der Waals surface area contributed by atoms with Crippen molar-refractivity contribution in [3.63, 3.8) is 0 Å². The third-order valence-corrected chi connectivity index (χ3v) is 3.07. The number of morpholine rings is 1. The van der Waals surface area contributed by atoms with Crippen molar-refractivity contribution >= 4 is 16.9 Å². The maximum absolute atomic E-state index is 5.34. The first kappa shape index (κ1) is 9.66. The van der Waals surface area contributed by atoms with Gasteiger partial charge in [0, 0.05) is 24.7 Å². The molecule has 84 valence electrons. The van der Waals surface area contributed by atoms with E-state index in [0.29, 0.717) is 0 Å². The van der Waals surface area contributed by atoms with E-state index in [4.69, 9.17) is 4.74 Å². The standard InChI is InChI=1S/C12H15N3O/c1-9-8-13-12-10(9)2-3-11(14-12)15-4-6-16-7-5-15/h2-3,8H,4-7H2,1H3,(H,13,14). The Morgan fingerprint density at radius 1 is 1.31 bits per heavy atom. The Morgan fingerprint density at radius 3 is 2.94 bits per heavy atom. The Labute approximate surface area is 94.2 Å². The third kappa shape index (κ3) is 1.55. The molecule has 0 radical (unpaired) electrons. The van der Waals surface area contributed by atoms with Crippen LogP contribution in [0.2, 0.25) is 0 Å². The monoisotopic (exact) mass is 217 g/mol. The fourth-order valence-electron chi connectivity index (χ4n) is 2.10. The van der Waals surface area contributed by atoms with Crippen LogP contribution in [0.25, 0.3) is 11.0 Å². The van der Waals surface area contributed by atoms with Gasteiger partial charge in [-0.25, -0.2) is 4.98 Å². The molecule has 4 heteroatoms. The smallest absolute Gasteiger partial charge is 0.139 e. The molecule has 0 saturated carbocycles. The van der Waals surface area contributed by atoms with Gasteiger partial charge in [0.1, 0.15) is 11.5 Å². The van der Waals surface area contributed by atoms with E-state index < -0.39 is 0 Å². The van der Waals surface area contributed by atoms with Crippen LogP contribution in [0, 0.1) is 6.92 Å². The van der Waals surface area contributed by atoms with Crippen molar-refractivity contribution < 1.29 is 4.74 Å². The van der Waals surface area contributed by atoms with E-state index in [-0.39, 0.29) is 0 Å². The van der Waals surface area contributed by atoms with Crippen molar-refractivity contribution in [2.75, 3.05) is 31.2 Å². The van der Waals surface area contributed by atoms with Gasteiger partial charge in [0.05, 0.1) is 13.2 Å². The van der Waals surface area contributed by atoms with Crippen molar-refractivity contribution in [2.24, 2.45) is 0 Å². The predicted molar refractivity (Wildman–Crippen MR) is 63.9 cm³/mol. The number of ether oxygens (including phenoxy) is 1. The molecular weight excluding hydrogens is 202 g/mol. The van der Waals surface area contributed by atoms with Crippen molar-refractivity contribution in [2.45, 2.75) is 6.92 Å². The zero-order valence-electron chi connectivity index (χ0n) is 9.36. The minimum Gasteiger partial charge on any atom is -0.378 e.